The van der Waals surface area contributed by atoms with E-state index in [-0.39, 0.29) is 17.7 Å². The Morgan fingerprint density at radius 2 is 2.38 bits per heavy atom. The van der Waals surface area contributed by atoms with Gasteiger partial charge in [0, 0.05) is 34.4 Å². The predicted molar refractivity (Wildman–Crippen MR) is 78.9 cm³/mol. The highest BCUT2D eigenvalue weighted by Crippen LogP contribution is 2.35. The molecule has 3 unspecified atom stereocenters. The van der Waals surface area contributed by atoms with Gasteiger partial charge < -0.3 is 15.6 Å². The highest BCUT2D eigenvalue weighted by molar-refractivity contribution is 14.1. The van der Waals surface area contributed by atoms with Gasteiger partial charge in [-0.1, -0.05) is 5.92 Å². The molecule has 1 aromatic heterocycles. The summed E-state index contributed by atoms with van der Waals surface area (Å²) >= 11 is 1.77. The first-order valence-corrected chi connectivity index (χ1v) is 6.82. The summed E-state index contributed by atoms with van der Waals surface area (Å²) in [6, 6.07) is 0. The van der Waals surface area contributed by atoms with E-state index < -0.39 is 36.4 Å². The summed E-state index contributed by atoms with van der Waals surface area (Å²) in [5.41, 5.74) is 4.54. The topological polar surface area (TPSA) is 90.4 Å². The van der Waals surface area contributed by atoms with E-state index in [0.717, 1.165) is 4.57 Å². The van der Waals surface area contributed by atoms with Crippen molar-refractivity contribution in [3.8, 4) is 9.85 Å². The van der Waals surface area contributed by atoms with E-state index in [0.29, 0.717) is 0 Å². The quantitative estimate of drug-likeness (QED) is 0.553. The van der Waals surface area contributed by atoms with Gasteiger partial charge in [-0.15, -0.1) is 0 Å². The summed E-state index contributed by atoms with van der Waals surface area (Å²) in [6.07, 6.45) is -3.19. The lowest BCUT2D eigenvalue weighted by Gasteiger charge is -2.15. The molecule has 2 rings (SSSR count). The first kappa shape index (κ1) is 15.9. The Bertz CT molecular complexity index is 695. The number of anilines is 1. The molecule has 2 heterocycles. The van der Waals surface area contributed by atoms with Crippen LogP contribution in [0.25, 0.3) is 0 Å². The summed E-state index contributed by atoms with van der Waals surface area (Å²) in [5, 5.41) is 9.01. The number of aliphatic hydroxyl groups excluding tert-OH is 1. The normalized spacial score (nSPS) is 26.7. The molecule has 1 aliphatic rings. The van der Waals surface area contributed by atoms with Crippen molar-refractivity contribution < 1.29 is 18.6 Å². The molecule has 0 aliphatic carbocycles. The van der Waals surface area contributed by atoms with E-state index in [1.165, 1.54) is 6.20 Å². The van der Waals surface area contributed by atoms with Gasteiger partial charge in [-0.3, -0.25) is 4.57 Å². The minimum Gasteiger partial charge on any atom is -0.394 e. The van der Waals surface area contributed by atoms with Gasteiger partial charge in [0.1, 0.15) is 11.9 Å². The fourth-order valence-corrected chi connectivity index (χ4v) is 2.23. The van der Waals surface area contributed by atoms with Crippen LogP contribution in [0.1, 0.15) is 11.8 Å². The minimum atomic E-state index is -1.85. The molecule has 0 amide bonds. The van der Waals surface area contributed by atoms with Gasteiger partial charge in [0.2, 0.25) is 0 Å². The number of aliphatic hydroxyl groups is 1. The Balaban J connectivity index is 2.53. The van der Waals surface area contributed by atoms with E-state index in [1.807, 2.05) is 0 Å². The van der Waals surface area contributed by atoms with Crippen molar-refractivity contribution in [2.75, 3.05) is 12.3 Å². The van der Waals surface area contributed by atoms with Crippen molar-refractivity contribution in [1.82, 2.24) is 9.55 Å². The largest absolute Gasteiger partial charge is 0.394 e. The lowest BCUT2D eigenvalue weighted by atomic mass is 10.1. The second kappa shape index (κ2) is 6.50. The molecule has 0 bridgehead atoms. The maximum atomic E-state index is 13.9. The van der Waals surface area contributed by atoms with E-state index in [1.54, 1.807) is 22.6 Å². The second-order valence-corrected chi connectivity index (χ2v) is 4.71. The lowest BCUT2D eigenvalue weighted by Crippen LogP contribution is -2.29. The molecule has 0 aromatic carbocycles. The number of ether oxygens (including phenoxy) is 1. The fraction of sp³-hybridized carbons (Fsp3) is 0.333. The van der Waals surface area contributed by atoms with Gasteiger partial charge in [-0.2, -0.15) is 4.98 Å². The van der Waals surface area contributed by atoms with Crippen LogP contribution in [0.3, 0.4) is 0 Å². The maximum absolute atomic E-state index is 13.9. The number of nitrogens with zero attached hydrogens (tertiary/aromatic N) is 2. The third kappa shape index (κ3) is 2.92. The molecule has 0 radical (unpaired) electrons. The van der Waals surface area contributed by atoms with Crippen molar-refractivity contribution in [2.24, 2.45) is 0 Å². The van der Waals surface area contributed by atoms with E-state index >= 15 is 0 Å². The molecule has 6 nitrogen and oxygen atoms in total. The van der Waals surface area contributed by atoms with Crippen LogP contribution in [0.2, 0.25) is 0 Å². The van der Waals surface area contributed by atoms with Crippen LogP contribution in [0.4, 0.5) is 14.6 Å². The minimum absolute atomic E-state index is 0.0253. The average molecular weight is 409 g/mol. The molecule has 0 spiro atoms. The molecule has 3 atom stereocenters. The Morgan fingerprint density at radius 3 is 2.95 bits per heavy atom. The van der Waals surface area contributed by atoms with Crippen molar-refractivity contribution >= 4 is 28.4 Å². The van der Waals surface area contributed by atoms with Gasteiger partial charge in [0.05, 0.1) is 18.5 Å². The SMILES string of the molecule is Nc1nc(=O)n(C2OC(CO)C(F)C2=CF)cc1C#CI. The monoisotopic (exact) mass is 409 g/mol. The molecule has 3 N–H and O–H groups in total. The van der Waals surface area contributed by atoms with Gasteiger partial charge in [-0.25, -0.2) is 13.6 Å². The number of alkyl halides is 1. The lowest BCUT2D eigenvalue weighted by molar-refractivity contribution is -0.0322. The predicted octanol–water partition coefficient (Wildman–Crippen LogP) is 0.651. The van der Waals surface area contributed by atoms with Crippen LogP contribution in [0.15, 0.2) is 22.9 Å². The van der Waals surface area contributed by atoms with Crippen LogP contribution >= 0.6 is 22.6 Å². The number of rotatable bonds is 2. The van der Waals surface area contributed by atoms with Gasteiger partial charge in [0.25, 0.3) is 0 Å². The van der Waals surface area contributed by atoms with Crippen LogP contribution in [-0.2, 0) is 4.74 Å². The third-order valence-corrected chi connectivity index (χ3v) is 3.22. The number of hydrogen-bond acceptors (Lipinski definition) is 5. The molecule has 21 heavy (non-hydrogen) atoms. The zero-order valence-corrected chi connectivity index (χ0v) is 12.6. The number of aromatic nitrogens is 2. The number of hydrogen-bond donors (Lipinski definition) is 2. The smallest absolute Gasteiger partial charge is 0.351 e. The summed E-state index contributed by atoms with van der Waals surface area (Å²) in [5.74, 6) is 2.53. The second-order valence-electron chi connectivity index (χ2n) is 4.17. The first-order chi connectivity index (χ1) is 10.0. The van der Waals surface area contributed by atoms with E-state index in [2.05, 4.69) is 14.8 Å². The molecule has 112 valence electrons. The fourth-order valence-electron chi connectivity index (χ4n) is 1.94. The first-order valence-electron chi connectivity index (χ1n) is 5.74. The number of nitrogens with two attached hydrogens (primary N) is 1. The number of halogens is 3. The Kier molecular flexibility index (Phi) is 4.92. The summed E-state index contributed by atoms with van der Waals surface area (Å²) < 4.78 is 35.4. The Hall–Kier alpha value is -1.51. The Labute approximate surface area is 131 Å². The molecule has 1 fully saturated rings. The maximum Gasteiger partial charge on any atom is 0.351 e. The van der Waals surface area contributed by atoms with Crippen LogP contribution in [0.5, 0.6) is 0 Å². The molecular weight excluding hydrogens is 399 g/mol. The van der Waals surface area contributed by atoms with Crippen molar-refractivity contribution in [3.63, 3.8) is 0 Å². The van der Waals surface area contributed by atoms with Crippen LogP contribution in [-0.4, -0.2) is 33.5 Å². The molecule has 0 saturated carbocycles. The highest BCUT2D eigenvalue weighted by atomic mass is 127. The van der Waals surface area contributed by atoms with Crippen LogP contribution < -0.4 is 11.4 Å². The molecule has 1 aliphatic heterocycles. The Morgan fingerprint density at radius 1 is 1.67 bits per heavy atom. The average Bonchev–Trinajstić information content (AvgIpc) is 2.78. The van der Waals surface area contributed by atoms with E-state index in [9.17, 15) is 13.6 Å². The molecule has 1 saturated heterocycles. The van der Waals surface area contributed by atoms with Gasteiger partial charge >= 0.3 is 5.69 Å². The standard InChI is InChI=1S/C12H10F2IN3O3/c13-3-7-9(14)8(5-19)21-11(7)18-4-6(1-2-15)10(16)17-12(18)20/h3-4,8-9,11,19H,5H2,(H2,16,17,20). The number of nitrogen functional groups attached to an aromatic ring is 1. The summed E-state index contributed by atoms with van der Waals surface area (Å²) in [7, 11) is 0. The van der Waals surface area contributed by atoms with Gasteiger partial charge in [0.15, 0.2) is 12.4 Å². The zero-order chi connectivity index (χ0) is 15.6. The van der Waals surface area contributed by atoms with Crippen molar-refractivity contribution in [1.29, 1.82) is 0 Å². The highest BCUT2D eigenvalue weighted by Gasteiger charge is 2.41. The molecule has 9 heteroatoms. The zero-order valence-electron chi connectivity index (χ0n) is 10.5. The van der Waals surface area contributed by atoms with Crippen molar-refractivity contribution in [2.45, 2.75) is 18.5 Å². The molecular formula is C12H10F2IN3O3. The van der Waals surface area contributed by atoms with Crippen LogP contribution in [0, 0.1) is 9.85 Å². The van der Waals surface area contributed by atoms with E-state index in [4.69, 9.17) is 15.6 Å². The summed E-state index contributed by atoms with van der Waals surface area (Å²) in [4.78, 5) is 15.4. The van der Waals surface area contributed by atoms with Crippen molar-refractivity contribution in [3.05, 3.63) is 34.1 Å². The van der Waals surface area contributed by atoms with Gasteiger partial charge in [-0.05, 0) is 3.93 Å². The third-order valence-electron chi connectivity index (χ3n) is 2.96. The molecule has 1 aromatic rings. The summed E-state index contributed by atoms with van der Waals surface area (Å²) in [6.45, 7) is -0.646.